The fourth-order valence-electron chi connectivity index (χ4n) is 3.30. The lowest BCUT2D eigenvalue weighted by molar-refractivity contribution is 0.426. The molecule has 2 nitrogen and oxygen atoms in total. The maximum absolute atomic E-state index is 4.89. The number of hydrogen-bond donors (Lipinski definition) is 0. The molecule has 2 rings (SSSR count). The molecule has 0 saturated carbocycles. The molecule has 0 aliphatic rings. The number of nitrogens with zero attached hydrogens (tertiary/aromatic N) is 2. The molecule has 1 atom stereocenters. The Morgan fingerprint density at radius 3 is 2.19 bits per heavy atom. The molecular formula is C24H32N2. The van der Waals surface area contributed by atoms with Gasteiger partial charge in [0.15, 0.2) is 0 Å². The number of aryl methyl sites for hydroxylation is 1. The lowest BCUT2D eigenvalue weighted by atomic mass is 9.87. The second-order valence-corrected chi connectivity index (χ2v) is 7.03. The van der Waals surface area contributed by atoms with E-state index in [2.05, 4.69) is 67.2 Å². The third-order valence-electron chi connectivity index (χ3n) is 4.60. The fourth-order valence-corrected chi connectivity index (χ4v) is 3.30. The quantitative estimate of drug-likeness (QED) is 0.218. The standard InChI is InChI=1S/C24H32N2/c1-4-5-8-17-23(20-22-15-11-7-12-16-22)24(25-26(2)3)19-18-21-13-9-6-10-14-21/h4,6-7,9-16,23H,1,5,8,17-20H2,2-3H3/b25-24-. The maximum atomic E-state index is 4.89. The van der Waals surface area contributed by atoms with E-state index in [9.17, 15) is 0 Å². The van der Waals surface area contributed by atoms with Gasteiger partial charge in [-0.15, -0.1) is 6.58 Å². The van der Waals surface area contributed by atoms with Crippen molar-refractivity contribution in [2.45, 2.75) is 38.5 Å². The van der Waals surface area contributed by atoms with Crippen LogP contribution in [0.5, 0.6) is 0 Å². The van der Waals surface area contributed by atoms with Gasteiger partial charge in [-0.3, -0.25) is 0 Å². The molecule has 0 fully saturated rings. The Labute approximate surface area is 159 Å². The Hall–Kier alpha value is -2.35. The Morgan fingerprint density at radius 2 is 1.62 bits per heavy atom. The van der Waals surface area contributed by atoms with Crippen molar-refractivity contribution in [1.29, 1.82) is 0 Å². The Kier molecular flexibility index (Phi) is 8.68. The van der Waals surface area contributed by atoms with E-state index in [4.69, 9.17) is 5.10 Å². The summed E-state index contributed by atoms with van der Waals surface area (Å²) in [5.74, 6) is 0.475. The van der Waals surface area contributed by atoms with Crippen LogP contribution in [-0.2, 0) is 12.8 Å². The number of rotatable bonds is 11. The summed E-state index contributed by atoms with van der Waals surface area (Å²) in [6, 6.07) is 21.5. The third-order valence-corrected chi connectivity index (χ3v) is 4.60. The van der Waals surface area contributed by atoms with Crippen molar-refractivity contribution in [3.8, 4) is 0 Å². The van der Waals surface area contributed by atoms with Gasteiger partial charge >= 0.3 is 0 Å². The van der Waals surface area contributed by atoms with Gasteiger partial charge in [0.05, 0.1) is 0 Å². The molecular weight excluding hydrogens is 316 g/mol. The van der Waals surface area contributed by atoms with Crippen LogP contribution in [0.2, 0.25) is 0 Å². The van der Waals surface area contributed by atoms with E-state index in [0.717, 1.165) is 32.1 Å². The summed E-state index contributed by atoms with van der Waals surface area (Å²) in [6.07, 6.45) is 8.51. The number of allylic oxidation sites excluding steroid dienone is 1. The number of hydrogen-bond acceptors (Lipinski definition) is 2. The molecule has 2 aromatic carbocycles. The van der Waals surface area contributed by atoms with Crippen LogP contribution in [0.3, 0.4) is 0 Å². The first kappa shape index (κ1) is 20.0. The first-order valence-electron chi connectivity index (χ1n) is 9.62. The van der Waals surface area contributed by atoms with Crippen LogP contribution in [0, 0.1) is 5.92 Å². The third kappa shape index (κ3) is 7.26. The van der Waals surface area contributed by atoms with Crippen LogP contribution in [0.15, 0.2) is 78.4 Å². The predicted molar refractivity (Wildman–Crippen MR) is 114 cm³/mol. The first-order chi connectivity index (χ1) is 12.7. The van der Waals surface area contributed by atoms with E-state index in [1.165, 1.54) is 23.3 Å². The first-order valence-corrected chi connectivity index (χ1v) is 9.62. The topological polar surface area (TPSA) is 15.6 Å². The summed E-state index contributed by atoms with van der Waals surface area (Å²) in [5, 5.41) is 6.84. The van der Waals surface area contributed by atoms with Gasteiger partial charge in [0.25, 0.3) is 0 Å². The minimum atomic E-state index is 0.475. The molecule has 0 bridgehead atoms. The highest BCUT2D eigenvalue weighted by atomic mass is 15.4. The highest BCUT2D eigenvalue weighted by molar-refractivity contribution is 5.87. The molecule has 0 aliphatic heterocycles. The second kappa shape index (κ2) is 11.3. The van der Waals surface area contributed by atoms with E-state index < -0.39 is 0 Å². The fraction of sp³-hybridized carbons (Fsp3) is 0.375. The van der Waals surface area contributed by atoms with Gasteiger partial charge < -0.3 is 5.01 Å². The Bertz CT molecular complexity index is 659. The summed E-state index contributed by atoms with van der Waals surface area (Å²) >= 11 is 0. The van der Waals surface area contributed by atoms with Crippen molar-refractivity contribution >= 4 is 5.71 Å². The molecule has 0 aliphatic carbocycles. The molecule has 0 aromatic heterocycles. The van der Waals surface area contributed by atoms with E-state index in [-0.39, 0.29) is 0 Å². The average Bonchev–Trinajstić information content (AvgIpc) is 2.66. The van der Waals surface area contributed by atoms with Crippen LogP contribution < -0.4 is 0 Å². The molecule has 2 aromatic rings. The van der Waals surface area contributed by atoms with Crippen molar-refractivity contribution in [3.63, 3.8) is 0 Å². The minimum absolute atomic E-state index is 0.475. The van der Waals surface area contributed by atoms with E-state index in [1.54, 1.807) is 0 Å². The molecule has 0 spiro atoms. The highest BCUT2D eigenvalue weighted by Gasteiger charge is 2.17. The van der Waals surface area contributed by atoms with Crippen LogP contribution in [0.25, 0.3) is 0 Å². The van der Waals surface area contributed by atoms with Gasteiger partial charge in [-0.05, 0) is 49.7 Å². The number of benzene rings is 2. The molecule has 138 valence electrons. The maximum Gasteiger partial charge on any atom is 0.0418 e. The van der Waals surface area contributed by atoms with Crippen molar-refractivity contribution in [1.82, 2.24) is 5.01 Å². The minimum Gasteiger partial charge on any atom is -0.303 e. The molecule has 0 radical (unpaired) electrons. The highest BCUT2D eigenvalue weighted by Crippen LogP contribution is 2.21. The summed E-state index contributed by atoms with van der Waals surface area (Å²) in [7, 11) is 4.04. The summed E-state index contributed by atoms with van der Waals surface area (Å²) < 4.78 is 0. The molecule has 0 amide bonds. The van der Waals surface area contributed by atoms with Crippen molar-refractivity contribution in [2.24, 2.45) is 11.0 Å². The largest absolute Gasteiger partial charge is 0.303 e. The molecule has 1 unspecified atom stereocenters. The van der Waals surface area contributed by atoms with Crippen LogP contribution in [0.1, 0.15) is 36.8 Å². The average molecular weight is 349 g/mol. The summed E-state index contributed by atoms with van der Waals surface area (Å²) in [4.78, 5) is 0. The van der Waals surface area contributed by atoms with Crippen molar-refractivity contribution < 1.29 is 0 Å². The van der Waals surface area contributed by atoms with Crippen LogP contribution in [0.4, 0.5) is 0 Å². The van der Waals surface area contributed by atoms with Gasteiger partial charge in [0.2, 0.25) is 0 Å². The van der Waals surface area contributed by atoms with E-state index in [1.807, 2.05) is 25.2 Å². The van der Waals surface area contributed by atoms with Crippen molar-refractivity contribution in [2.75, 3.05) is 14.1 Å². The lowest BCUT2D eigenvalue weighted by Gasteiger charge is -2.21. The van der Waals surface area contributed by atoms with Gasteiger partial charge in [-0.1, -0.05) is 66.7 Å². The van der Waals surface area contributed by atoms with E-state index >= 15 is 0 Å². The molecule has 0 N–H and O–H groups in total. The molecule has 26 heavy (non-hydrogen) atoms. The Balaban J connectivity index is 2.14. The number of unbranched alkanes of at least 4 members (excludes halogenated alkanes) is 1. The SMILES string of the molecule is C=CCCCC(Cc1ccccc1)/C(CCc1ccccc1)=N\N(C)C. The second-order valence-electron chi connectivity index (χ2n) is 7.03. The van der Waals surface area contributed by atoms with Crippen LogP contribution in [-0.4, -0.2) is 24.8 Å². The van der Waals surface area contributed by atoms with Gasteiger partial charge in [0, 0.05) is 25.7 Å². The van der Waals surface area contributed by atoms with Gasteiger partial charge in [-0.25, -0.2) is 0 Å². The predicted octanol–water partition coefficient (Wildman–Crippen LogP) is 5.75. The smallest absolute Gasteiger partial charge is 0.0418 e. The zero-order chi connectivity index (χ0) is 18.6. The monoisotopic (exact) mass is 348 g/mol. The van der Waals surface area contributed by atoms with Gasteiger partial charge in [-0.2, -0.15) is 5.10 Å². The molecule has 0 saturated heterocycles. The lowest BCUT2D eigenvalue weighted by Crippen LogP contribution is -2.22. The normalized spacial score (nSPS) is 12.6. The van der Waals surface area contributed by atoms with Crippen molar-refractivity contribution in [3.05, 3.63) is 84.4 Å². The summed E-state index contributed by atoms with van der Waals surface area (Å²) in [6.45, 7) is 3.87. The molecule has 2 heteroatoms. The zero-order valence-corrected chi connectivity index (χ0v) is 16.3. The molecule has 0 heterocycles. The Morgan fingerprint density at radius 1 is 1.00 bits per heavy atom. The zero-order valence-electron chi connectivity index (χ0n) is 16.3. The number of hydrazone groups is 1. The van der Waals surface area contributed by atoms with Crippen LogP contribution >= 0.6 is 0 Å². The van der Waals surface area contributed by atoms with Gasteiger partial charge in [0.1, 0.15) is 0 Å². The summed E-state index contributed by atoms with van der Waals surface area (Å²) in [5.41, 5.74) is 4.08. The van der Waals surface area contributed by atoms with E-state index in [0.29, 0.717) is 5.92 Å².